The van der Waals surface area contributed by atoms with Crippen molar-refractivity contribution in [3.05, 3.63) is 84.7 Å². The Hall–Kier alpha value is -3.93. The summed E-state index contributed by atoms with van der Waals surface area (Å²) in [6.45, 7) is 0. The van der Waals surface area contributed by atoms with Gasteiger partial charge in [-0.1, -0.05) is 36.4 Å². The molecular formula is C26H24N4O2. The maximum atomic E-state index is 12.7. The van der Waals surface area contributed by atoms with Gasteiger partial charge in [0.05, 0.1) is 11.0 Å². The molecule has 1 heterocycles. The zero-order valence-corrected chi connectivity index (χ0v) is 17.6. The summed E-state index contributed by atoms with van der Waals surface area (Å²) in [5.74, 6) is 0.936. The number of hydrogen-bond donors (Lipinski definition) is 2. The van der Waals surface area contributed by atoms with Crippen molar-refractivity contribution < 1.29 is 9.59 Å². The van der Waals surface area contributed by atoms with E-state index in [-0.39, 0.29) is 17.7 Å². The van der Waals surface area contributed by atoms with Crippen LogP contribution in [0, 0.1) is 5.92 Å². The standard InChI is InChI=1S/C26H24N4O2/c31-25(27-19-7-6-8-20(17-19)28-26(32)18-13-14-18)16-15-24-29-22-11-4-5-12-23(22)30(24)21-9-2-1-3-10-21/h1-12,17-18H,13-16H2,(H,27,31)(H,28,32). The predicted octanol–water partition coefficient (Wildman–Crippen LogP) is 4.95. The molecule has 32 heavy (non-hydrogen) atoms. The van der Waals surface area contributed by atoms with Crippen LogP contribution in [0.4, 0.5) is 11.4 Å². The molecule has 0 aliphatic heterocycles. The second-order valence-electron chi connectivity index (χ2n) is 8.08. The number of anilines is 2. The van der Waals surface area contributed by atoms with Gasteiger partial charge in [-0.25, -0.2) is 4.98 Å². The molecule has 1 aliphatic carbocycles. The lowest BCUT2D eigenvalue weighted by Crippen LogP contribution is -2.15. The highest BCUT2D eigenvalue weighted by Crippen LogP contribution is 2.30. The van der Waals surface area contributed by atoms with Crippen LogP contribution in [0.2, 0.25) is 0 Å². The molecule has 2 amide bonds. The number of nitrogens with zero attached hydrogens (tertiary/aromatic N) is 2. The Bertz CT molecular complexity index is 1280. The van der Waals surface area contributed by atoms with E-state index < -0.39 is 0 Å². The van der Waals surface area contributed by atoms with Gasteiger partial charge in [0.2, 0.25) is 11.8 Å². The van der Waals surface area contributed by atoms with E-state index >= 15 is 0 Å². The fourth-order valence-electron chi connectivity index (χ4n) is 3.82. The average molecular weight is 425 g/mol. The number of amides is 2. The third-order valence-electron chi connectivity index (χ3n) is 5.58. The van der Waals surface area contributed by atoms with Crippen LogP contribution in [0.1, 0.15) is 25.1 Å². The van der Waals surface area contributed by atoms with Gasteiger partial charge in [-0.05, 0) is 55.3 Å². The Morgan fingerprint density at radius 1 is 0.875 bits per heavy atom. The normalized spacial score (nSPS) is 13.1. The summed E-state index contributed by atoms with van der Waals surface area (Å²) in [6.07, 6.45) is 2.72. The number of fused-ring (bicyclic) bond motifs is 1. The van der Waals surface area contributed by atoms with Gasteiger partial charge in [-0.2, -0.15) is 0 Å². The van der Waals surface area contributed by atoms with Crippen LogP contribution >= 0.6 is 0 Å². The first kappa shape index (κ1) is 20.0. The fourth-order valence-corrected chi connectivity index (χ4v) is 3.82. The predicted molar refractivity (Wildman–Crippen MR) is 126 cm³/mol. The minimum absolute atomic E-state index is 0.0493. The SMILES string of the molecule is O=C(CCc1nc2ccccc2n1-c1ccccc1)Nc1cccc(NC(=O)C2CC2)c1. The van der Waals surface area contributed by atoms with Gasteiger partial charge >= 0.3 is 0 Å². The molecule has 1 aliphatic rings. The van der Waals surface area contributed by atoms with E-state index in [2.05, 4.69) is 15.2 Å². The summed E-state index contributed by atoms with van der Waals surface area (Å²) in [5, 5.41) is 5.85. The number of imidazole rings is 1. The molecular weight excluding hydrogens is 400 g/mol. The van der Waals surface area contributed by atoms with Crippen LogP contribution in [0.25, 0.3) is 16.7 Å². The number of aryl methyl sites for hydroxylation is 1. The number of rotatable bonds is 7. The molecule has 0 saturated heterocycles. The number of carbonyl (C=O) groups is 2. The summed E-state index contributed by atoms with van der Waals surface area (Å²) in [7, 11) is 0. The summed E-state index contributed by atoms with van der Waals surface area (Å²) < 4.78 is 2.11. The maximum absolute atomic E-state index is 12.7. The van der Waals surface area contributed by atoms with E-state index in [4.69, 9.17) is 4.98 Å². The van der Waals surface area contributed by atoms with Gasteiger partial charge in [0.25, 0.3) is 0 Å². The summed E-state index contributed by atoms with van der Waals surface area (Å²) in [4.78, 5) is 29.4. The van der Waals surface area contributed by atoms with Gasteiger partial charge in [0.1, 0.15) is 5.82 Å². The Morgan fingerprint density at radius 3 is 2.38 bits per heavy atom. The molecule has 0 unspecified atom stereocenters. The van der Waals surface area contributed by atoms with Crippen molar-refractivity contribution in [1.82, 2.24) is 9.55 Å². The van der Waals surface area contributed by atoms with E-state index in [9.17, 15) is 9.59 Å². The summed E-state index contributed by atoms with van der Waals surface area (Å²) >= 11 is 0. The van der Waals surface area contributed by atoms with Crippen LogP contribution in [-0.4, -0.2) is 21.4 Å². The third kappa shape index (κ3) is 4.39. The van der Waals surface area contributed by atoms with E-state index in [1.807, 2.05) is 72.8 Å². The molecule has 4 aromatic rings. The van der Waals surface area contributed by atoms with Crippen molar-refractivity contribution in [3.63, 3.8) is 0 Å². The van der Waals surface area contributed by atoms with Crippen molar-refractivity contribution in [3.8, 4) is 5.69 Å². The number of aromatic nitrogens is 2. The van der Waals surface area contributed by atoms with Gasteiger partial charge in [0.15, 0.2) is 0 Å². The highest BCUT2D eigenvalue weighted by molar-refractivity contribution is 5.96. The van der Waals surface area contributed by atoms with Crippen LogP contribution < -0.4 is 10.6 Å². The zero-order chi connectivity index (χ0) is 21.9. The van der Waals surface area contributed by atoms with Crippen LogP contribution in [0.3, 0.4) is 0 Å². The number of nitrogens with one attached hydrogen (secondary N) is 2. The molecule has 0 spiro atoms. The largest absolute Gasteiger partial charge is 0.326 e. The molecule has 2 N–H and O–H groups in total. The molecule has 0 radical (unpaired) electrons. The third-order valence-corrected chi connectivity index (χ3v) is 5.58. The second-order valence-corrected chi connectivity index (χ2v) is 8.08. The second kappa shape index (κ2) is 8.67. The van der Waals surface area contributed by atoms with Crippen molar-refractivity contribution in [2.24, 2.45) is 5.92 Å². The van der Waals surface area contributed by atoms with E-state index in [1.54, 1.807) is 6.07 Å². The van der Waals surface area contributed by atoms with Gasteiger partial charge < -0.3 is 10.6 Å². The first-order valence-corrected chi connectivity index (χ1v) is 10.9. The minimum Gasteiger partial charge on any atom is -0.326 e. The number of benzene rings is 3. The minimum atomic E-state index is -0.0951. The van der Waals surface area contributed by atoms with Gasteiger partial charge in [-0.3, -0.25) is 14.2 Å². The van der Waals surface area contributed by atoms with E-state index in [0.717, 1.165) is 35.4 Å². The zero-order valence-electron chi connectivity index (χ0n) is 17.6. The molecule has 1 fully saturated rings. The highest BCUT2D eigenvalue weighted by Gasteiger charge is 2.29. The quantitative estimate of drug-likeness (QED) is 0.441. The fraction of sp³-hybridized carbons (Fsp3) is 0.192. The van der Waals surface area contributed by atoms with Crippen molar-refractivity contribution >= 4 is 34.2 Å². The van der Waals surface area contributed by atoms with Gasteiger partial charge in [0, 0.05) is 35.8 Å². The monoisotopic (exact) mass is 424 g/mol. The molecule has 0 atom stereocenters. The van der Waals surface area contributed by atoms with Crippen molar-refractivity contribution in [1.29, 1.82) is 0 Å². The maximum Gasteiger partial charge on any atom is 0.227 e. The Morgan fingerprint density at radius 2 is 1.59 bits per heavy atom. The first-order valence-electron chi connectivity index (χ1n) is 10.9. The number of hydrogen-bond acceptors (Lipinski definition) is 3. The molecule has 160 valence electrons. The summed E-state index contributed by atoms with van der Waals surface area (Å²) in [6, 6.07) is 25.3. The molecule has 0 bridgehead atoms. The number of para-hydroxylation sites is 3. The Labute approximate surface area is 186 Å². The average Bonchev–Trinajstić information content (AvgIpc) is 3.59. The molecule has 1 aromatic heterocycles. The van der Waals surface area contributed by atoms with Crippen LogP contribution in [0.15, 0.2) is 78.9 Å². The van der Waals surface area contributed by atoms with E-state index in [1.165, 1.54) is 0 Å². The van der Waals surface area contributed by atoms with Gasteiger partial charge in [-0.15, -0.1) is 0 Å². The molecule has 1 saturated carbocycles. The van der Waals surface area contributed by atoms with E-state index in [0.29, 0.717) is 24.2 Å². The molecule has 5 rings (SSSR count). The van der Waals surface area contributed by atoms with Crippen LogP contribution in [0.5, 0.6) is 0 Å². The lowest BCUT2D eigenvalue weighted by atomic mass is 10.2. The van der Waals surface area contributed by atoms with Crippen molar-refractivity contribution in [2.75, 3.05) is 10.6 Å². The topological polar surface area (TPSA) is 76.0 Å². The molecule has 3 aromatic carbocycles. The molecule has 6 heteroatoms. The smallest absolute Gasteiger partial charge is 0.227 e. The lowest BCUT2D eigenvalue weighted by molar-refractivity contribution is -0.117. The molecule has 6 nitrogen and oxygen atoms in total. The first-order chi connectivity index (χ1) is 15.7. The Balaban J connectivity index is 1.29. The summed E-state index contributed by atoms with van der Waals surface area (Å²) in [5.41, 5.74) is 4.32. The van der Waals surface area contributed by atoms with Crippen LogP contribution in [-0.2, 0) is 16.0 Å². The number of carbonyl (C=O) groups excluding carboxylic acids is 2. The van der Waals surface area contributed by atoms with Crippen molar-refractivity contribution in [2.45, 2.75) is 25.7 Å². The lowest BCUT2D eigenvalue weighted by Gasteiger charge is -2.10. The highest BCUT2D eigenvalue weighted by atomic mass is 16.2. The Kier molecular flexibility index (Phi) is 5.42.